The van der Waals surface area contributed by atoms with Crippen molar-refractivity contribution in [2.24, 2.45) is 40.4 Å². The van der Waals surface area contributed by atoms with Crippen LogP contribution in [0.2, 0.25) is 0 Å². The van der Waals surface area contributed by atoms with Gasteiger partial charge in [0.1, 0.15) is 18.0 Å². The Hall–Kier alpha value is -5.83. The molecule has 9 atom stereocenters. The maximum Gasteiger partial charge on any atom is 0.338 e. The Morgan fingerprint density at radius 2 is 1.05 bits per heavy atom. The molecule has 4 fully saturated rings. The standard InChI is InChI=1S/C51H46O9/c1-26(52)40-18-19-41-37-17-14-29-24-30(59-48(57)27-12-15-35-38(22-27)46(55)33-10-6-4-8-31(33)44(35)53)20-21-50(29,2)42(37)25-43(51(40,41)3)60-49(58)28-13-16-36-39(23-28)47(56)34-11-7-5-9-32(34)45(36)54/h4-13,15-16,22-23,29-30,37,40-43H,14,17-21,24-25H2,1-3H3/t29-,30-,37+,40+,41-,42-,43+,50+,51+/m1/s1. The molecule has 0 unspecified atom stereocenters. The first-order chi connectivity index (χ1) is 28.8. The molecule has 0 N–H and O–H groups in total. The van der Waals surface area contributed by atoms with Crippen molar-refractivity contribution < 1.29 is 43.0 Å². The van der Waals surface area contributed by atoms with E-state index in [0.717, 1.165) is 32.1 Å². The van der Waals surface area contributed by atoms with Gasteiger partial charge in [0.25, 0.3) is 0 Å². The zero-order valence-corrected chi connectivity index (χ0v) is 34.0. The summed E-state index contributed by atoms with van der Waals surface area (Å²) >= 11 is 0. The molecule has 0 aromatic heterocycles. The third-order valence-electron chi connectivity index (χ3n) is 16.0. The lowest BCUT2D eigenvalue weighted by Crippen LogP contribution is -2.59. The van der Waals surface area contributed by atoms with Crippen LogP contribution in [0.25, 0.3) is 0 Å². The summed E-state index contributed by atoms with van der Waals surface area (Å²) in [6.45, 7) is 6.14. The van der Waals surface area contributed by atoms with Crippen LogP contribution in [0.4, 0.5) is 0 Å². The molecule has 9 nitrogen and oxygen atoms in total. The van der Waals surface area contributed by atoms with E-state index in [0.29, 0.717) is 47.4 Å². The number of hydrogen-bond acceptors (Lipinski definition) is 9. The van der Waals surface area contributed by atoms with Gasteiger partial charge in [0.2, 0.25) is 0 Å². The molecule has 304 valence electrons. The van der Waals surface area contributed by atoms with Crippen LogP contribution < -0.4 is 0 Å². The Kier molecular flexibility index (Phi) is 8.87. The lowest BCUT2D eigenvalue weighted by molar-refractivity contribution is -0.175. The minimum atomic E-state index is -0.569. The SMILES string of the molecule is CC(=O)[C@@H]1CC[C@@H]2[C@@H]3CC[C@@H]4C[C@H](OC(=O)c5ccc6c(c5)C(=O)c5ccccc5C6=O)CC[C@]4(C)[C@@H]3C[C@H](OC(=O)c3ccc4c(c3)C(=O)c3ccccc3C4=O)[C@]21C. The monoisotopic (exact) mass is 802 g/mol. The summed E-state index contributed by atoms with van der Waals surface area (Å²) in [6.07, 6.45) is 5.47. The van der Waals surface area contributed by atoms with E-state index in [9.17, 15) is 33.6 Å². The summed E-state index contributed by atoms with van der Waals surface area (Å²) in [7, 11) is 0. The highest BCUT2D eigenvalue weighted by Gasteiger charge is 2.65. The predicted molar refractivity (Wildman–Crippen MR) is 219 cm³/mol. The minimum Gasteiger partial charge on any atom is -0.459 e. The van der Waals surface area contributed by atoms with Gasteiger partial charge in [-0.15, -0.1) is 0 Å². The van der Waals surface area contributed by atoms with Crippen LogP contribution in [0.5, 0.6) is 0 Å². The first-order valence-corrected chi connectivity index (χ1v) is 21.4. The highest BCUT2D eigenvalue weighted by molar-refractivity contribution is 6.29. The van der Waals surface area contributed by atoms with E-state index < -0.39 is 23.5 Å². The van der Waals surface area contributed by atoms with Crippen molar-refractivity contribution in [3.05, 3.63) is 141 Å². The molecule has 0 heterocycles. The number of Topliss-reactive ketones (excluding diaryl/α,β-unsaturated/α-hetero) is 1. The second kappa shape index (κ2) is 13.9. The molecule has 0 amide bonds. The van der Waals surface area contributed by atoms with Gasteiger partial charge in [0.05, 0.1) is 11.1 Å². The fourth-order valence-electron chi connectivity index (χ4n) is 13.0. The number of carbonyl (C=O) groups excluding carboxylic acids is 7. The van der Waals surface area contributed by atoms with Crippen LogP contribution >= 0.6 is 0 Å². The molecule has 4 aromatic carbocycles. The number of carbonyl (C=O) groups is 7. The van der Waals surface area contributed by atoms with Crippen molar-refractivity contribution in [1.29, 1.82) is 0 Å². The average molecular weight is 803 g/mol. The lowest BCUT2D eigenvalue weighted by atomic mass is 9.44. The molecular formula is C51H46O9. The van der Waals surface area contributed by atoms with Gasteiger partial charge < -0.3 is 9.47 Å². The Balaban J connectivity index is 0.881. The number of benzene rings is 4. The maximum atomic E-state index is 14.2. The third-order valence-corrected chi connectivity index (χ3v) is 16.0. The molecule has 0 spiro atoms. The first-order valence-electron chi connectivity index (χ1n) is 21.4. The number of esters is 2. The van der Waals surface area contributed by atoms with Gasteiger partial charge >= 0.3 is 11.9 Å². The van der Waals surface area contributed by atoms with E-state index in [1.54, 1.807) is 79.7 Å². The van der Waals surface area contributed by atoms with Crippen molar-refractivity contribution >= 4 is 40.9 Å². The summed E-state index contributed by atoms with van der Waals surface area (Å²) in [4.78, 5) is 94.5. The number of ketones is 5. The second-order valence-corrected chi connectivity index (χ2v) is 18.6. The van der Waals surface area contributed by atoms with E-state index in [-0.39, 0.29) is 97.5 Å². The Bertz CT molecular complexity index is 2600. The highest BCUT2D eigenvalue weighted by Crippen LogP contribution is 2.68. The van der Waals surface area contributed by atoms with Crippen LogP contribution in [0.1, 0.15) is 157 Å². The predicted octanol–water partition coefficient (Wildman–Crippen LogP) is 8.85. The molecule has 0 radical (unpaired) electrons. The molecule has 4 aromatic rings. The molecule has 6 aliphatic carbocycles. The highest BCUT2D eigenvalue weighted by atomic mass is 16.5. The lowest BCUT2D eigenvalue weighted by Gasteiger charge is -2.62. The molecule has 10 rings (SSSR count). The van der Waals surface area contributed by atoms with Gasteiger partial charge in [-0.25, -0.2) is 9.59 Å². The number of fused-ring (bicyclic) bond motifs is 9. The Labute approximate surface area is 348 Å². The van der Waals surface area contributed by atoms with Gasteiger partial charge in [-0.05, 0) is 124 Å². The van der Waals surface area contributed by atoms with Crippen LogP contribution in [-0.4, -0.2) is 53.1 Å². The maximum absolute atomic E-state index is 14.2. The van der Waals surface area contributed by atoms with Crippen molar-refractivity contribution in [3.63, 3.8) is 0 Å². The molecule has 0 aliphatic heterocycles. The topological polar surface area (TPSA) is 138 Å². The molecule has 6 aliphatic rings. The fraction of sp³-hybridized carbons (Fsp3) is 0.392. The minimum absolute atomic E-state index is 0.109. The quantitative estimate of drug-likeness (QED) is 0.157. The molecular weight excluding hydrogens is 757 g/mol. The van der Waals surface area contributed by atoms with Gasteiger partial charge in [0.15, 0.2) is 23.1 Å². The number of hydrogen-bond donors (Lipinski definition) is 0. The van der Waals surface area contributed by atoms with Crippen molar-refractivity contribution in [1.82, 2.24) is 0 Å². The normalized spacial score (nSPS) is 31.0. The molecule has 0 bridgehead atoms. The zero-order valence-electron chi connectivity index (χ0n) is 34.0. The van der Waals surface area contributed by atoms with Crippen molar-refractivity contribution in [3.8, 4) is 0 Å². The van der Waals surface area contributed by atoms with E-state index in [2.05, 4.69) is 13.8 Å². The Morgan fingerprint density at radius 1 is 0.550 bits per heavy atom. The Morgan fingerprint density at radius 3 is 1.58 bits per heavy atom. The molecule has 0 saturated heterocycles. The van der Waals surface area contributed by atoms with E-state index in [4.69, 9.17) is 9.47 Å². The summed E-state index contributed by atoms with van der Waals surface area (Å²) in [5.41, 5.74) is 2.06. The second-order valence-electron chi connectivity index (χ2n) is 18.6. The van der Waals surface area contributed by atoms with Crippen LogP contribution in [0, 0.1) is 40.4 Å². The van der Waals surface area contributed by atoms with E-state index in [1.165, 1.54) is 12.1 Å². The summed E-state index contributed by atoms with van der Waals surface area (Å²) in [6, 6.07) is 22.6. The number of rotatable bonds is 5. The third kappa shape index (κ3) is 5.60. The van der Waals surface area contributed by atoms with Crippen LogP contribution in [-0.2, 0) is 14.3 Å². The average Bonchev–Trinajstić information content (AvgIpc) is 3.63. The zero-order chi connectivity index (χ0) is 41.8. The van der Waals surface area contributed by atoms with Crippen molar-refractivity contribution in [2.75, 3.05) is 0 Å². The first kappa shape index (κ1) is 38.4. The van der Waals surface area contributed by atoms with Crippen molar-refractivity contribution in [2.45, 2.75) is 84.3 Å². The van der Waals surface area contributed by atoms with E-state index >= 15 is 0 Å². The summed E-state index contributed by atoms with van der Waals surface area (Å²) in [5.74, 6) is -1.32. The van der Waals surface area contributed by atoms with Crippen LogP contribution in [0.3, 0.4) is 0 Å². The van der Waals surface area contributed by atoms with Crippen LogP contribution in [0.15, 0.2) is 84.9 Å². The van der Waals surface area contributed by atoms with Gasteiger partial charge in [-0.3, -0.25) is 24.0 Å². The van der Waals surface area contributed by atoms with Gasteiger partial charge in [-0.2, -0.15) is 0 Å². The molecule has 60 heavy (non-hydrogen) atoms. The molecule has 9 heteroatoms. The van der Waals surface area contributed by atoms with Gasteiger partial charge in [0, 0.05) is 55.8 Å². The molecule has 4 saturated carbocycles. The van der Waals surface area contributed by atoms with Gasteiger partial charge in [-0.1, -0.05) is 62.4 Å². The summed E-state index contributed by atoms with van der Waals surface area (Å²) in [5, 5.41) is 0. The largest absolute Gasteiger partial charge is 0.459 e. The fourth-order valence-corrected chi connectivity index (χ4v) is 13.0. The smallest absolute Gasteiger partial charge is 0.338 e. The van der Waals surface area contributed by atoms with E-state index in [1.807, 2.05) is 0 Å². The summed E-state index contributed by atoms with van der Waals surface area (Å²) < 4.78 is 12.7. The number of ether oxygens (including phenoxy) is 2.